The maximum absolute atomic E-state index is 10.9. The quantitative estimate of drug-likeness (QED) is 0.635. The molecule has 0 saturated carbocycles. The number of nitrogens with one attached hydrogen (secondary N) is 1. The van der Waals surface area contributed by atoms with Crippen LogP contribution in [-0.4, -0.2) is 12.5 Å². The van der Waals surface area contributed by atoms with Crippen molar-refractivity contribution in [3.8, 4) is 0 Å². The molecule has 0 aliphatic heterocycles. The summed E-state index contributed by atoms with van der Waals surface area (Å²) in [5.74, 6) is 0.698. The van der Waals surface area contributed by atoms with Crippen molar-refractivity contribution < 1.29 is 4.79 Å². The van der Waals surface area contributed by atoms with Gasteiger partial charge in [0.15, 0.2) is 0 Å². The van der Waals surface area contributed by atoms with Gasteiger partial charge in [0.25, 0.3) is 0 Å². The molecule has 2 heteroatoms. The smallest absolute Gasteiger partial charge is 0.220 e. The highest BCUT2D eigenvalue weighted by Crippen LogP contribution is 2.04. The van der Waals surface area contributed by atoms with Gasteiger partial charge in [-0.1, -0.05) is 20.3 Å². The minimum atomic E-state index is 0.178. The summed E-state index contributed by atoms with van der Waals surface area (Å²) in [6.07, 6.45) is 1.75. The fourth-order valence-corrected chi connectivity index (χ4v) is 0.730. The largest absolute Gasteiger partial charge is 0.356 e. The average molecular weight is 143 g/mol. The Morgan fingerprint density at radius 1 is 1.50 bits per heavy atom. The molecule has 10 heavy (non-hydrogen) atoms. The highest BCUT2D eigenvalue weighted by Gasteiger charge is 2.04. The Morgan fingerprint density at radius 3 is 2.50 bits per heavy atom. The molecule has 1 atom stereocenters. The molecule has 1 amide bonds. The Hall–Kier alpha value is -0.530. The first-order valence-electron chi connectivity index (χ1n) is 3.97. The second-order valence-electron chi connectivity index (χ2n) is 2.67. The molecule has 0 fully saturated rings. The van der Waals surface area contributed by atoms with Gasteiger partial charge in [-0.05, 0) is 12.8 Å². The summed E-state index contributed by atoms with van der Waals surface area (Å²) < 4.78 is 0. The van der Waals surface area contributed by atoms with Gasteiger partial charge in [-0.3, -0.25) is 4.79 Å². The van der Waals surface area contributed by atoms with Crippen LogP contribution in [0.2, 0.25) is 0 Å². The van der Waals surface area contributed by atoms with Gasteiger partial charge in [-0.25, -0.2) is 0 Å². The Balaban J connectivity index is 3.37. The van der Waals surface area contributed by atoms with E-state index in [1.54, 1.807) is 0 Å². The molecule has 0 aromatic heterocycles. The predicted octanol–water partition coefficient (Wildman–Crippen LogP) is 1.56. The van der Waals surface area contributed by atoms with E-state index in [9.17, 15) is 4.79 Å². The van der Waals surface area contributed by atoms with Crippen molar-refractivity contribution in [2.75, 3.05) is 6.54 Å². The van der Waals surface area contributed by atoms with E-state index in [0.29, 0.717) is 12.3 Å². The van der Waals surface area contributed by atoms with E-state index < -0.39 is 0 Å². The van der Waals surface area contributed by atoms with Gasteiger partial charge in [-0.2, -0.15) is 0 Å². The van der Waals surface area contributed by atoms with Crippen LogP contribution in [0.4, 0.5) is 0 Å². The van der Waals surface area contributed by atoms with Crippen molar-refractivity contribution in [2.45, 2.75) is 33.6 Å². The summed E-state index contributed by atoms with van der Waals surface area (Å²) in [6.45, 7) is 6.88. The first-order chi connectivity index (χ1) is 4.70. The summed E-state index contributed by atoms with van der Waals surface area (Å²) in [4.78, 5) is 10.9. The van der Waals surface area contributed by atoms with Gasteiger partial charge in [0, 0.05) is 13.0 Å². The Kier molecular flexibility index (Phi) is 4.99. The first kappa shape index (κ1) is 9.47. The van der Waals surface area contributed by atoms with E-state index in [0.717, 1.165) is 13.0 Å². The minimum absolute atomic E-state index is 0.178. The zero-order valence-electron chi connectivity index (χ0n) is 7.11. The van der Waals surface area contributed by atoms with Crippen LogP contribution in [-0.2, 0) is 4.79 Å². The molecule has 1 N–H and O–H groups in total. The highest BCUT2D eigenvalue weighted by atomic mass is 16.1. The highest BCUT2D eigenvalue weighted by molar-refractivity contribution is 5.75. The zero-order chi connectivity index (χ0) is 7.98. The number of amides is 1. The van der Waals surface area contributed by atoms with Crippen molar-refractivity contribution in [3.63, 3.8) is 0 Å². The number of hydrogen-bond acceptors (Lipinski definition) is 1. The summed E-state index contributed by atoms with van der Waals surface area (Å²) in [5.41, 5.74) is 0. The van der Waals surface area contributed by atoms with Crippen molar-refractivity contribution in [1.29, 1.82) is 0 Å². The molecule has 0 aromatic carbocycles. The van der Waals surface area contributed by atoms with Gasteiger partial charge in [0.2, 0.25) is 5.91 Å². The third-order valence-corrected chi connectivity index (χ3v) is 1.60. The first-order valence-corrected chi connectivity index (χ1v) is 3.97. The third-order valence-electron chi connectivity index (χ3n) is 1.60. The van der Waals surface area contributed by atoms with Crippen LogP contribution >= 0.6 is 0 Å². The lowest BCUT2D eigenvalue weighted by Crippen LogP contribution is -2.24. The molecule has 0 bridgehead atoms. The van der Waals surface area contributed by atoms with Crippen LogP contribution in [0.5, 0.6) is 0 Å². The van der Waals surface area contributed by atoms with Crippen LogP contribution < -0.4 is 5.32 Å². The minimum Gasteiger partial charge on any atom is -0.356 e. The molecule has 0 aliphatic rings. The van der Waals surface area contributed by atoms with Gasteiger partial charge >= 0.3 is 0 Å². The standard InChI is InChI=1S/C8H17NO/c1-4-7(3)6-8(10)9-5-2/h7H,4-6H2,1-3H3,(H,9,10). The molecule has 0 aliphatic carbocycles. The molecule has 2 nitrogen and oxygen atoms in total. The van der Waals surface area contributed by atoms with Crippen molar-refractivity contribution >= 4 is 5.91 Å². The molecular weight excluding hydrogens is 126 g/mol. The van der Waals surface area contributed by atoms with Crippen molar-refractivity contribution in [2.24, 2.45) is 5.92 Å². The summed E-state index contributed by atoms with van der Waals surface area (Å²) >= 11 is 0. The predicted molar refractivity (Wildman–Crippen MR) is 42.8 cm³/mol. The van der Waals surface area contributed by atoms with Crippen LogP contribution in [0.15, 0.2) is 0 Å². The van der Waals surface area contributed by atoms with Gasteiger partial charge < -0.3 is 5.32 Å². The topological polar surface area (TPSA) is 29.1 Å². The molecule has 0 heterocycles. The fraction of sp³-hybridized carbons (Fsp3) is 0.875. The normalized spacial score (nSPS) is 12.7. The maximum Gasteiger partial charge on any atom is 0.220 e. The molecule has 60 valence electrons. The Bertz CT molecular complexity index is 101. The SMILES string of the molecule is CCNC(=O)CC(C)CC. The van der Waals surface area contributed by atoms with E-state index in [4.69, 9.17) is 0 Å². The molecule has 0 spiro atoms. The number of rotatable bonds is 4. The zero-order valence-corrected chi connectivity index (χ0v) is 7.11. The molecular formula is C8H17NO. The lowest BCUT2D eigenvalue weighted by Gasteiger charge is -2.06. The molecule has 0 radical (unpaired) electrons. The molecule has 0 aromatic rings. The van der Waals surface area contributed by atoms with Crippen LogP contribution in [0.25, 0.3) is 0 Å². The molecule has 1 unspecified atom stereocenters. The van der Waals surface area contributed by atoms with Crippen molar-refractivity contribution in [1.82, 2.24) is 5.32 Å². The average Bonchev–Trinajstić information content (AvgIpc) is 1.88. The molecule has 0 rings (SSSR count). The van der Waals surface area contributed by atoms with Gasteiger partial charge in [-0.15, -0.1) is 0 Å². The maximum atomic E-state index is 10.9. The third kappa shape index (κ3) is 4.36. The second kappa shape index (κ2) is 5.27. The number of carbonyl (C=O) groups excluding carboxylic acids is 1. The fourth-order valence-electron chi connectivity index (χ4n) is 0.730. The summed E-state index contributed by atoms with van der Waals surface area (Å²) in [5, 5.41) is 2.77. The van der Waals surface area contributed by atoms with Crippen LogP contribution in [0, 0.1) is 5.92 Å². The monoisotopic (exact) mass is 143 g/mol. The van der Waals surface area contributed by atoms with Crippen molar-refractivity contribution in [3.05, 3.63) is 0 Å². The van der Waals surface area contributed by atoms with E-state index in [1.165, 1.54) is 0 Å². The van der Waals surface area contributed by atoms with Gasteiger partial charge in [0.05, 0.1) is 0 Å². The lowest BCUT2D eigenvalue weighted by atomic mass is 10.1. The van der Waals surface area contributed by atoms with E-state index in [2.05, 4.69) is 19.2 Å². The lowest BCUT2D eigenvalue weighted by molar-refractivity contribution is -0.121. The van der Waals surface area contributed by atoms with E-state index >= 15 is 0 Å². The van der Waals surface area contributed by atoms with Crippen LogP contribution in [0.1, 0.15) is 33.6 Å². The van der Waals surface area contributed by atoms with Gasteiger partial charge in [0.1, 0.15) is 0 Å². The Morgan fingerprint density at radius 2 is 2.10 bits per heavy atom. The van der Waals surface area contributed by atoms with E-state index in [1.807, 2.05) is 6.92 Å². The summed E-state index contributed by atoms with van der Waals surface area (Å²) in [6, 6.07) is 0. The van der Waals surface area contributed by atoms with Crippen LogP contribution in [0.3, 0.4) is 0 Å². The number of hydrogen-bond donors (Lipinski definition) is 1. The van der Waals surface area contributed by atoms with E-state index in [-0.39, 0.29) is 5.91 Å². The molecule has 0 saturated heterocycles. The second-order valence-corrected chi connectivity index (χ2v) is 2.67. The number of carbonyl (C=O) groups is 1. The summed E-state index contributed by atoms with van der Waals surface area (Å²) in [7, 11) is 0. The Labute approximate surface area is 63.0 Å².